The van der Waals surface area contributed by atoms with Gasteiger partial charge < -0.3 is 9.73 Å². The fourth-order valence-corrected chi connectivity index (χ4v) is 3.12. The third-order valence-corrected chi connectivity index (χ3v) is 4.28. The first-order valence-electron chi connectivity index (χ1n) is 5.91. The Kier molecular flexibility index (Phi) is 4.37. The van der Waals surface area contributed by atoms with E-state index in [0.717, 1.165) is 3.77 Å². The maximum atomic E-state index is 11.9. The van der Waals surface area contributed by atoms with Gasteiger partial charge >= 0.3 is 0 Å². The van der Waals surface area contributed by atoms with Crippen molar-refractivity contribution in [3.05, 3.63) is 55.9 Å². The zero-order valence-electron chi connectivity index (χ0n) is 10.5. The van der Waals surface area contributed by atoms with Crippen molar-refractivity contribution in [2.45, 2.75) is 0 Å². The van der Waals surface area contributed by atoms with E-state index in [0.29, 0.717) is 26.5 Å². The van der Waals surface area contributed by atoms with Crippen LogP contribution in [0, 0.1) is 3.77 Å². The van der Waals surface area contributed by atoms with E-state index < -0.39 is 0 Å². The highest BCUT2D eigenvalue weighted by Gasteiger charge is 2.24. The van der Waals surface area contributed by atoms with Crippen molar-refractivity contribution in [3.63, 3.8) is 0 Å². The summed E-state index contributed by atoms with van der Waals surface area (Å²) in [6, 6.07) is 10.8. The molecule has 4 nitrogen and oxygen atoms in total. The molecule has 0 bridgehead atoms. The van der Waals surface area contributed by atoms with Crippen LogP contribution in [-0.2, 0) is 4.79 Å². The second-order valence-corrected chi connectivity index (χ2v) is 6.63. The van der Waals surface area contributed by atoms with E-state index >= 15 is 0 Å². The quantitative estimate of drug-likeness (QED) is 0.566. The van der Waals surface area contributed by atoms with E-state index in [1.165, 1.54) is 11.8 Å². The zero-order valence-corrected chi connectivity index (χ0v) is 14.2. The number of aliphatic imine (C=N–C) groups is 1. The first kappa shape index (κ1) is 14.7. The Morgan fingerprint density at radius 1 is 1.33 bits per heavy atom. The molecule has 2 heterocycles. The van der Waals surface area contributed by atoms with Crippen LogP contribution in [0.5, 0.6) is 0 Å². The van der Waals surface area contributed by atoms with Gasteiger partial charge in [0.05, 0.1) is 10.6 Å². The molecule has 1 fully saturated rings. The summed E-state index contributed by atoms with van der Waals surface area (Å²) in [5, 5.41) is 3.84. The number of amides is 1. The fourth-order valence-electron chi connectivity index (χ4n) is 1.68. The summed E-state index contributed by atoms with van der Waals surface area (Å²) in [7, 11) is 0. The molecule has 1 aromatic carbocycles. The predicted molar refractivity (Wildman–Crippen MR) is 93.7 cm³/mol. The molecule has 1 N–H and O–H groups in total. The van der Waals surface area contributed by atoms with Gasteiger partial charge in [0.1, 0.15) is 5.76 Å². The summed E-state index contributed by atoms with van der Waals surface area (Å²) in [4.78, 5) is 16.8. The van der Waals surface area contributed by atoms with Crippen molar-refractivity contribution in [1.82, 2.24) is 5.32 Å². The molecule has 1 aliphatic heterocycles. The first-order chi connectivity index (χ1) is 10.1. The van der Waals surface area contributed by atoms with Crippen molar-refractivity contribution in [2.24, 2.45) is 4.99 Å². The predicted octanol–water partition coefficient (Wildman–Crippen LogP) is 4.43. The van der Waals surface area contributed by atoms with Crippen LogP contribution in [-0.4, -0.2) is 11.1 Å². The first-order valence-corrected chi connectivity index (χ1v) is 8.18. The minimum absolute atomic E-state index is 0.188. The van der Waals surface area contributed by atoms with E-state index in [9.17, 15) is 4.79 Å². The molecule has 0 atom stereocenters. The largest absolute Gasteiger partial charge is 0.451 e. The molecule has 0 unspecified atom stereocenters. The Balaban J connectivity index is 1.83. The van der Waals surface area contributed by atoms with Crippen LogP contribution in [0.25, 0.3) is 6.08 Å². The Labute approximate surface area is 143 Å². The number of hydrogen-bond acceptors (Lipinski definition) is 4. The number of carbonyl (C=O) groups is 1. The minimum Gasteiger partial charge on any atom is -0.451 e. The number of thioether (sulfide) groups is 1. The third kappa shape index (κ3) is 3.69. The average Bonchev–Trinajstić information content (AvgIpc) is 2.97. The molecule has 1 aliphatic rings. The van der Waals surface area contributed by atoms with E-state index in [1.807, 2.05) is 24.3 Å². The van der Waals surface area contributed by atoms with E-state index in [4.69, 9.17) is 16.0 Å². The number of rotatable bonds is 2. The van der Waals surface area contributed by atoms with Crippen LogP contribution in [0.3, 0.4) is 0 Å². The van der Waals surface area contributed by atoms with Crippen LogP contribution in [0.1, 0.15) is 5.76 Å². The Morgan fingerprint density at radius 2 is 2.19 bits per heavy atom. The summed E-state index contributed by atoms with van der Waals surface area (Å²) in [5.41, 5.74) is 0.694. The molecule has 21 heavy (non-hydrogen) atoms. The minimum atomic E-state index is -0.188. The Hall–Kier alpha value is -1.25. The number of benzene rings is 1. The monoisotopic (exact) mass is 430 g/mol. The molecule has 0 aliphatic carbocycles. The van der Waals surface area contributed by atoms with Crippen LogP contribution in [0.4, 0.5) is 5.69 Å². The number of nitrogens with one attached hydrogen (secondary N) is 1. The highest BCUT2D eigenvalue weighted by Crippen LogP contribution is 2.29. The van der Waals surface area contributed by atoms with Gasteiger partial charge in [0.15, 0.2) is 8.93 Å². The van der Waals surface area contributed by atoms with Gasteiger partial charge in [-0.05, 0) is 64.7 Å². The van der Waals surface area contributed by atoms with Gasteiger partial charge in [-0.3, -0.25) is 4.79 Å². The number of furan rings is 1. The lowest BCUT2D eigenvalue weighted by molar-refractivity contribution is -0.115. The highest BCUT2D eigenvalue weighted by atomic mass is 127. The summed E-state index contributed by atoms with van der Waals surface area (Å²) in [6.45, 7) is 0. The average molecular weight is 431 g/mol. The maximum absolute atomic E-state index is 11.9. The van der Waals surface area contributed by atoms with Crippen molar-refractivity contribution in [3.8, 4) is 0 Å². The van der Waals surface area contributed by atoms with Crippen LogP contribution in [0.15, 0.2) is 50.7 Å². The van der Waals surface area contributed by atoms with E-state index in [1.54, 1.807) is 18.2 Å². The highest BCUT2D eigenvalue weighted by molar-refractivity contribution is 14.1. The Morgan fingerprint density at radius 3 is 2.90 bits per heavy atom. The SMILES string of the molecule is O=C1NC(=Nc2cccc(Cl)c2)S/C1=C\c1ccc(I)o1. The second-order valence-electron chi connectivity index (χ2n) is 4.10. The van der Waals surface area contributed by atoms with Gasteiger partial charge in [-0.15, -0.1) is 0 Å². The molecular weight excluding hydrogens is 423 g/mol. The lowest BCUT2D eigenvalue weighted by Gasteiger charge is -1.96. The van der Waals surface area contributed by atoms with Crippen LogP contribution in [0.2, 0.25) is 5.02 Å². The molecule has 3 rings (SSSR count). The molecule has 0 spiro atoms. The molecule has 1 amide bonds. The molecular formula is C14H8ClIN2O2S. The molecule has 0 saturated carbocycles. The molecule has 2 aromatic rings. The zero-order chi connectivity index (χ0) is 14.8. The molecule has 1 aromatic heterocycles. The number of hydrogen-bond donors (Lipinski definition) is 1. The fraction of sp³-hybridized carbons (Fsp3) is 0. The molecule has 0 radical (unpaired) electrons. The number of carbonyl (C=O) groups excluding carboxylic acids is 1. The van der Waals surface area contributed by atoms with E-state index in [-0.39, 0.29) is 5.91 Å². The summed E-state index contributed by atoms with van der Waals surface area (Å²) >= 11 is 9.25. The van der Waals surface area contributed by atoms with E-state index in [2.05, 4.69) is 32.9 Å². The third-order valence-electron chi connectivity index (χ3n) is 2.56. The summed E-state index contributed by atoms with van der Waals surface area (Å²) < 4.78 is 6.20. The van der Waals surface area contributed by atoms with Gasteiger partial charge in [-0.2, -0.15) is 0 Å². The van der Waals surface area contributed by atoms with Crippen molar-refractivity contribution < 1.29 is 9.21 Å². The normalized spacial score (nSPS) is 18.5. The summed E-state index contributed by atoms with van der Waals surface area (Å²) in [5.74, 6) is 0.452. The lowest BCUT2D eigenvalue weighted by atomic mass is 10.3. The second kappa shape index (κ2) is 6.25. The number of amidine groups is 1. The van der Waals surface area contributed by atoms with Crippen molar-refractivity contribution in [2.75, 3.05) is 0 Å². The number of halogens is 2. The number of nitrogens with zero attached hydrogens (tertiary/aromatic N) is 1. The maximum Gasteiger partial charge on any atom is 0.264 e. The van der Waals surface area contributed by atoms with Gasteiger partial charge in [-0.25, -0.2) is 4.99 Å². The topological polar surface area (TPSA) is 54.6 Å². The van der Waals surface area contributed by atoms with Crippen molar-refractivity contribution >= 4 is 68.8 Å². The van der Waals surface area contributed by atoms with Gasteiger partial charge in [0, 0.05) is 11.1 Å². The van der Waals surface area contributed by atoms with Gasteiger partial charge in [0.2, 0.25) is 0 Å². The van der Waals surface area contributed by atoms with Gasteiger partial charge in [0.25, 0.3) is 5.91 Å². The Bertz CT molecular complexity index is 770. The molecule has 1 saturated heterocycles. The van der Waals surface area contributed by atoms with Crippen LogP contribution < -0.4 is 5.32 Å². The summed E-state index contributed by atoms with van der Waals surface area (Å²) in [6.07, 6.45) is 1.70. The van der Waals surface area contributed by atoms with Gasteiger partial charge in [-0.1, -0.05) is 17.7 Å². The standard InChI is InChI=1S/C14H8ClIN2O2S/c15-8-2-1-3-9(6-8)17-14-18-13(19)11(21-14)7-10-4-5-12(16)20-10/h1-7H,(H,17,18,19)/b11-7-. The molecule has 7 heteroatoms. The van der Waals surface area contributed by atoms with Crippen molar-refractivity contribution in [1.29, 1.82) is 0 Å². The lowest BCUT2D eigenvalue weighted by Crippen LogP contribution is -2.19. The van der Waals surface area contributed by atoms with Crippen LogP contribution >= 0.6 is 46.0 Å². The molecule has 106 valence electrons. The smallest absolute Gasteiger partial charge is 0.264 e.